The fourth-order valence-corrected chi connectivity index (χ4v) is 2.25. The first-order valence-corrected chi connectivity index (χ1v) is 6.58. The maximum atomic E-state index is 5.92. The number of pyridine rings is 1. The third-order valence-electron chi connectivity index (χ3n) is 2.72. The molecule has 0 aliphatic carbocycles. The lowest BCUT2D eigenvalue weighted by Crippen LogP contribution is -2.08. The molecule has 0 spiro atoms. The quantitative estimate of drug-likeness (QED) is 0.805. The fourth-order valence-electron chi connectivity index (χ4n) is 1.74. The Hall–Kier alpha value is -0.610. The van der Waals surface area contributed by atoms with Crippen LogP contribution >= 0.6 is 27.5 Å². The lowest BCUT2D eigenvalue weighted by molar-refractivity contribution is 0.527. The Bertz CT molecular complexity index is 509. The molecule has 2 aromatic heterocycles. The van der Waals surface area contributed by atoms with Crippen LogP contribution in [0.5, 0.6) is 0 Å². The molecule has 86 valence electrons. The van der Waals surface area contributed by atoms with E-state index >= 15 is 0 Å². The van der Waals surface area contributed by atoms with Gasteiger partial charge < -0.3 is 4.57 Å². The van der Waals surface area contributed by atoms with E-state index in [2.05, 4.69) is 44.3 Å². The summed E-state index contributed by atoms with van der Waals surface area (Å²) in [6, 6.07) is 2.34. The maximum absolute atomic E-state index is 5.92. The smallest absolute Gasteiger partial charge is 0.160 e. The van der Waals surface area contributed by atoms with E-state index in [1.165, 1.54) is 0 Å². The molecule has 0 amide bonds. The molecule has 0 saturated heterocycles. The molecule has 2 aromatic rings. The highest BCUT2D eigenvalue weighted by atomic mass is 79.9. The van der Waals surface area contributed by atoms with Crippen LogP contribution in [-0.4, -0.2) is 14.5 Å². The van der Waals surface area contributed by atoms with Crippen LogP contribution in [0.25, 0.3) is 11.2 Å². The van der Waals surface area contributed by atoms with Crippen LogP contribution in [0.3, 0.4) is 0 Å². The van der Waals surface area contributed by atoms with Gasteiger partial charge in [0.05, 0.1) is 5.88 Å². The van der Waals surface area contributed by atoms with Gasteiger partial charge in [0.1, 0.15) is 11.3 Å². The molecule has 3 nitrogen and oxygen atoms in total. The van der Waals surface area contributed by atoms with Gasteiger partial charge in [0.25, 0.3) is 0 Å². The number of fused-ring (bicyclic) bond motifs is 1. The van der Waals surface area contributed by atoms with Crippen LogP contribution in [0.4, 0.5) is 0 Å². The summed E-state index contributed by atoms with van der Waals surface area (Å²) in [5, 5.41) is 0. The van der Waals surface area contributed by atoms with Gasteiger partial charge in [-0.3, -0.25) is 0 Å². The second-order valence-corrected chi connectivity index (χ2v) is 4.97. The van der Waals surface area contributed by atoms with Crippen molar-refractivity contribution in [2.45, 2.75) is 32.2 Å². The van der Waals surface area contributed by atoms with Crippen molar-refractivity contribution in [3.05, 3.63) is 22.6 Å². The molecule has 0 aliphatic rings. The van der Waals surface area contributed by atoms with E-state index in [0.717, 1.165) is 27.9 Å². The van der Waals surface area contributed by atoms with E-state index in [9.17, 15) is 0 Å². The number of hydrogen-bond acceptors (Lipinski definition) is 2. The van der Waals surface area contributed by atoms with Crippen molar-refractivity contribution in [2.75, 3.05) is 0 Å². The highest BCUT2D eigenvalue weighted by Gasteiger charge is 2.15. The summed E-state index contributed by atoms with van der Waals surface area (Å²) >= 11 is 9.32. The Morgan fingerprint density at radius 2 is 2.31 bits per heavy atom. The molecule has 16 heavy (non-hydrogen) atoms. The molecule has 0 bridgehead atoms. The second kappa shape index (κ2) is 4.72. The van der Waals surface area contributed by atoms with Crippen LogP contribution < -0.4 is 0 Å². The summed E-state index contributed by atoms with van der Waals surface area (Å²) < 4.78 is 3.06. The number of nitrogens with zero attached hydrogens (tertiary/aromatic N) is 3. The molecular formula is C11H13BrClN3. The van der Waals surface area contributed by atoms with Crippen LogP contribution in [0.1, 0.15) is 32.1 Å². The van der Waals surface area contributed by atoms with Crippen LogP contribution in [-0.2, 0) is 5.88 Å². The summed E-state index contributed by atoms with van der Waals surface area (Å²) in [5.41, 5.74) is 1.80. The normalized spacial score (nSPS) is 13.2. The molecule has 0 radical (unpaired) electrons. The Balaban J connectivity index is 2.68. The van der Waals surface area contributed by atoms with Crippen molar-refractivity contribution >= 4 is 38.7 Å². The summed E-state index contributed by atoms with van der Waals surface area (Å²) in [6.07, 6.45) is 2.83. The third-order valence-corrected chi connectivity index (χ3v) is 3.39. The Labute approximate surface area is 108 Å². The van der Waals surface area contributed by atoms with E-state index in [0.29, 0.717) is 11.9 Å². The largest absolute Gasteiger partial charge is 0.309 e. The van der Waals surface area contributed by atoms with Gasteiger partial charge in [-0.15, -0.1) is 11.6 Å². The van der Waals surface area contributed by atoms with Crippen LogP contribution in [0, 0.1) is 0 Å². The molecular weight excluding hydrogens is 289 g/mol. The Morgan fingerprint density at radius 1 is 1.56 bits per heavy atom. The second-order valence-electron chi connectivity index (χ2n) is 3.79. The summed E-state index contributed by atoms with van der Waals surface area (Å²) in [7, 11) is 0. The topological polar surface area (TPSA) is 30.7 Å². The minimum absolute atomic E-state index is 0.368. The highest BCUT2D eigenvalue weighted by Crippen LogP contribution is 2.24. The van der Waals surface area contributed by atoms with E-state index in [1.54, 1.807) is 6.20 Å². The molecule has 0 aliphatic heterocycles. The minimum atomic E-state index is 0.368. The zero-order valence-electron chi connectivity index (χ0n) is 9.24. The van der Waals surface area contributed by atoms with Crippen LogP contribution in [0.2, 0.25) is 0 Å². The average molecular weight is 303 g/mol. The Kier molecular flexibility index (Phi) is 3.50. The van der Waals surface area contributed by atoms with E-state index < -0.39 is 0 Å². The van der Waals surface area contributed by atoms with Gasteiger partial charge in [0.2, 0.25) is 0 Å². The first kappa shape index (κ1) is 11.9. The SMILES string of the molecule is CCC(C)n1c(CCl)nc2cc(Br)cnc21. The van der Waals surface area contributed by atoms with Gasteiger partial charge >= 0.3 is 0 Å². The van der Waals surface area contributed by atoms with Crippen molar-refractivity contribution in [1.29, 1.82) is 0 Å². The number of alkyl halides is 1. The number of rotatable bonds is 3. The minimum Gasteiger partial charge on any atom is -0.309 e. The lowest BCUT2D eigenvalue weighted by atomic mass is 10.2. The summed E-state index contributed by atoms with van der Waals surface area (Å²) in [6.45, 7) is 4.30. The standard InChI is InChI=1S/C11H13BrClN3/c1-3-7(2)16-10(5-13)15-9-4-8(12)6-14-11(9)16/h4,6-7H,3,5H2,1-2H3. The molecule has 2 rings (SSSR count). The van der Waals surface area contributed by atoms with Gasteiger partial charge in [-0.05, 0) is 35.3 Å². The van der Waals surface area contributed by atoms with Gasteiger partial charge in [-0.2, -0.15) is 0 Å². The molecule has 1 atom stereocenters. The summed E-state index contributed by atoms with van der Waals surface area (Å²) in [5.74, 6) is 1.30. The van der Waals surface area contributed by atoms with Gasteiger partial charge in [0.15, 0.2) is 5.65 Å². The van der Waals surface area contributed by atoms with Crippen molar-refractivity contribution in [2.24, 2.45) is 0 Å². The van der Waals surface area contributed by atoms with Crippen molar-refractivity contribution in [1.82, 2.24) is 14.5 Å². The molecule has 2 heterocycles. The predicted octanol–water partition coefficient (Wildman–Crippen LogP) is 3.90. The number of imidazole rings is 1. The third kappa shape index (κ3) is 1.96. The fraction of sp³-hybridized carbons (Fsp3) is 0.455. The average Bonchev–Trinajstić information content (AvgIpc) is 2.65. The van der Waals surface area contributed by atoms with E-state index in [1.807, 2.05) is 6.07 Å². The summed E-state index contributed by atoms with van der Waals surface area (Å²) in [4.78, 5) is 8.91. The van der Waals surface area contributed by atoms with E-state index in [4.69, 9.17) is 11.6 Å². The first-order valence-electron chi connectivity index (χ1n) is 5.25. The van der Waals surface area contributed by atoms with Gasteiger partial charge in [-0.25, -0.2) is 9.97 Å². The van der Waals surface area contributed by atoms with Crippen LogP contribution in [0.15, 0.2) is 16.7 Å². The number of aromatic nitrogens is 3. The number of hydrogen-bond donors (Lipinski definition) is 0. The molecule has 0 N–H and O–H groups in total. The first-order chi connectivity index (χ1) is 7.67. The monoisotopic (exact) mass is 301 g/mol. The van der Waals surface area contributed by atoms with Crippen molar-refractivity contribution in [3.8, 4) is 0 Å². The van der Waals surface area contributed by atoms with Gasteiger partial charge in [0, 0.05) is 16.7 Å². The number of halogens is 2. The highest BCUT2D eigenvalue weighted by molar-refractivity contribution is 9.10. The lowest BCUT2D eigenvalue weighted by Gasteiger charge is -2.13. The molecule has 0 aromatic carbocycles. The predicted molar refractivity (Wildman–Crippen MR) is 69.8 cm³/mol. The molecule has 1 unspecified atom stereocenters. The van der Waals surface area contributed by atoms with Gasteiger partial charge in [-0.1, -0.05) is 6.92 Å². The maximum Gasteiger partial charge on any atom is 0.160 e. The zero-order chi connectivity index (χ0) is 11.7. The molecule has 0 saturated carbocycles. The van der Waals surface area contributed by atoms with Crippen molar-refractivity contribution < 1.29 is 0 Å². The molecule has 5 heteroatoms. The Morgan fingerprint density at radius 3 is 2.94 bits per heavy atom. The molecule has 0 fully saturated rings. The van der Waals surface area contributed by atoms with Crippen molar-refractivity contribution in [3.63, 3.8) is 0 Å². The zero-order valence-corrected chi connectivity index (χ0v) is 11.6. The van der Waals surface area contributed by atoms with E-state index in [-0.39, 0.29) is 0 Å².